The zero-order valence-electron chi connectivity index (χ0n) is 12.7. The fourth-order valence-electron chi connectivity index (χ4n) is 2.12. The molecule has 2 rings (SSSR count). The highest BCUT2D eigenvalue weighted by Crippen LogP contribution is 2.29. The van der Waals surface area contributed by atoms with Gasteiger partial charge < -0.3 is 10.5 Å². The van der Waals surface area contributed by atoms with Crippen LogP contribution in [0.5, 0.6) is 11.5 Å². The molecule has 0 aliphatic rings. The van der Waals surface area contributed by atoms with Gasteiger partial charge in [0.1, 0.15) is 11.5 Å². The molecule has 0 aliphatic carbocycles. The molecular weight excluding hydrogens is 246 g/mol. The quantitative estimate of drug-likeness (QED) is 0.887. The first-order chi connectivity index (χ1) is 9.40. The van der Waals surface area contributed by atoms with E-state index in [0.717, 1.165) is 17.1 Å². The maximum Gasteiger partial charge on any atom is 0.131 e. The van der Waals surface area contributed by atoms with Gasteiger partial charge in [0.25, 0.3) is 0 Å². The Morgan fingerprint density at radius 1 is 1.00 bits per heavy atom. The van der Waals surface area contributed by atoms with Gasteiger partial charge >= 0.3 is 0 Å². The lowest BCUT2D eigenvalue weighted by Crippen LogP contribution is -2.10. The van der Waals surface area contributed by atoms with E-state index >= 15 is 0 Å². The van der Waals surface area contributed by atoms with Crippen LogP contribution in [0.25, 0.3) is 0 Å². The first kappa shape index (κ1) is 14.6. The molecule has 0 bridgehead atoms. The van der Waals surface area contributed by atoms with Crippen LogP contribution in [0, 0.1) is 6.92 Å². The van der Waals surface area contributed by atoms with Crippen LogP contribution >= 0.6 is 0 Å². The summed E-state index contributed by atoms with van der Waals surface area (Å²) in [4.78, 5) is 0. The van der Waals surface area contributed by atoms with Crippen molar-refractivity contribution in [2.24, 2.45) is 5.73 Å². The van der Waals surface area contributed by atoms with E-state index in [1.165, 1.54) is 11.1 Å². The van der Waals surface area contributed by atoms with E-state index < -0.39 is 0 Å². The lowest BCUT2D eigenvalue weighted by atomic mass is 9.87. The highest BCUT2D eigenvalue weighted by Gasteiger charge is 2.13. The third-order valence-electron chi connectivity index (χ3n) is 3.38. The molecule has 0 atom stereocenters. The van der Waals surface area contributed by atoms with Crippen LogP contribution in [-0.2, 0) is 12.0 Å². The summed E-state index contributed by atoms with van der Waals surface area (Å²) in [7, 11) is 0. The monoisotopic (exact) mass is 269 g/mol. The van der Waals surface area contributed by atoms with Gasteiger partial charge in [-0.05, 0) is 36.1 Å². The molecule has 0 unspecified atom stereocenters. The number of nitrogens with two attached hydrogens (primary N) is 1. The fraction of sp³-hybridized carbons (Fsp3) is 0.333. The van der Waals surface area contributed by atoms with Gasteiger partial charge in [0.15, 0.2) is 0 Å². The van der Waals surface area contributed by atoms with Crippen molar-refractivity contribution in [3.8, 4) is 11.5 Å². The summed E-state index contributed by atoms with van der Waals surface area (Å²) in [6, 6.07) is 14.4. The number of aryl methyl sites for hydroxylation is 1. The average Bonchev–Trinajstić information content (AvgIpc) is 2.40. The third kappa shape index (κ3) is 3.40. The largest absolute Gasteiger partial charge is 0.457 e. The summed E-state index contributed by atoms with van der Waals surface area (Å²) in [5.74, 6) is 1.68. The lowest BCUT2D eigenvalue weighted by Gasteiger charge is -2.19. The Morgan fingerprint density at radius 3 is 2.20 bits per heavy atom. The van der Waals surface area contributed by atoms with Crippen LogP contribution in [-0.4, -0.2) is 0 Å². The zero-order valence-corrected chi connectivity index (χ0v) is 12.7. The maximum atomic E-state index is 5.94. The van der Waals surface area contributed by atoms with Crippen molar-refractivity contribution in [1.82, 2.24) is 0 Å². The number of benzene rings is 2. The topological polar surface area (TPSA) is 35.2 Å². The molecule has 2 N–H and O–H groups in total. The Bertz CT molecular complexity index is 579. The SMILES string of the molecule is Cc1ccc(Oc2ccc(C(C)(C)C)cc2)c(CN)c1. The minimum Gasteiger partial charge on any atom is -0.457 e. The van der Waals surface area contributed by atoms with Crippen LogP contribution in [0.4, 0.5) is 0 Å². The molecule has 0 saturated heterocycles. The molecule has 0 heterocycles. The minimum atomic E-state index is 0.158. The van der Waals surface area contributed by atoms with Crippen molar-refractivity contribution in [2.45, 2.75) is 39.7 Å². The average molecular weight is 269 g/mol. The van der Waals surface area contributed by atoms with Crippen molar-refractivity contribution < 1.29 is 4.74 Å². The lowest BCUT2D eigenvalue weighted by molar-refractivity contribution is 0.475. The van der Waals surface area contributed by atoms with E-state index in [4.69, 9.17) is 10.5 Å². The predicted molar refractivity (Wildman–Crippen MR) is 84.3 cm³/mol. The summed E-state index contributed by atoms with van der Waals surface area (Å²) in [5.41, 5.74) is 9.46. The molecule has 0 fully saturated rings. The number of ether oxygens (including phenoxy) is 1. The highest BCUT2D eigenvalue weighted by molar-refractivity contribution is 5.41. The van der Waals surface area contributed by atoms with Crippen LogP contribution in [0.3, 0.4) is 0 Å². The molecule has 0 aromatic heterocycles. The molecular formula is C18H23NO. The Kier molecular flexibility index (Phi) is 4.15. The van der Waals surface area contributed by atoms with Gasteiger partial charge in [-0.3, -0.25) is 0 Å². The molecule has 2 heteroatoms. The van der Waals surface area contributed by atoms with E-state index in [1.54, 1.807) is 0 Å². The van der Waals surface area contributed by atoms with Crippen LogP contribution in [0.1, 0.15) is 37.5 Å². The van der Waals surface area contributed by atoms with E-state index in [-0.39, 0.29) is 5.41 Å². The van der Waals surface area contributed by atoms with Crippen LogP contribution in [0.2, 0.25) is 0 Å². The van der Waals surface area contributed by atoms with E-state index in [9.17, 15) is 0 Å². The summed E-state index contributed by atoms with van der Waals surface area (Å²) in [6.07, 6.45) is 0. The molecule has 0 radical (unpaired) electrons. The van der Waals surface area contributed by atoms with Crippen LogP contribution < -0.4 is 10.5 Å². The summed E-state index contributed by atoms with van der Waals surface area (Å²) < 4.78 is 5.94. The molecule has 2 aromatic carbocycles. The van der Waals surface area contributed by atoms with Gasteiger partial charge in [-0.2, -0.15) is 0 Å². The van der Waals surface area contributed by atoms with Gasteiger partial charge in [0.2, 0.25) is 0 Å². The van der Waals surface area contributed by atoms with Gasteiger partial charge in [-0.25, -0.2) is 0 Å². The van der Waals surface area contributed by atoms with E-state index in [2.05, 4.69) is 45.9 Å². The Hall–Kier alpha value is -1.80. The first-order valence-corrected chi connectivity index (χ1v) is 6.98. The summed E-state index contributed by atoms with van der Waals surface area (Å²) in [5, 5.41) is 0. The van der Waals surface area contributed by atoms with Gasteiger partial charge in [0.05, 0.1) is 0 Å². The standard InChI is InChI=1S/C18H23NO/c1-13-5-10-17(14(11-13)12-19)20-16-8-6-15(7-9-16)18(2,3)4/h5-11H,12,19H2,1-4H3. The van der Waals surface area contributed by atoms with Crippen molar-refractivity contribution >= 4 is 0 Å². The molecule has 20 heavy (non-hydrogen) atoms. The first-order valence-electron chi connectivity index (χ1n) is 6.98. The highest BCUT2D eigenvalue weighted by atomic mass is 16.5. The maximum absolute atomic E-state index is 5.94. The predicted octanol–water partition coefficient (Wildman–Crippen LogP) is 4.54. The normalized spacial score (nSPS) is 11.4. The van der Waals surface area contributed by atoms with Crippen LogP contribution in [0.15, 0.2) is 42.5 Å². The number of hydrogen-bond acceptors (Lipinski definition) is 2. The summed E-state index contributed by atoms with van der Waals surface area (Å²) >= 11 is 0. The zero-order chi connectivity index (χ0) is 14.8. The molecule has 0 spiro atoms. The van der Waals surface area contributed by atoms with Crippen molar-refractivity contribution in [2.75, 3.05) is 0 Å². The number of rotatable bonds is 3. The second-order valence-electron chi connectivity index (χ2n) is 6.19. The van der Waals surface area contributed by atoms with Crippen molar-refractivity contribution in [3.05, 3.63) is 59.2 Å². The molecule has 0 aliphatic heterocycles. The molecule has 0 saturated carbocycles. The third-order valence-corrected chi connectivity index (χ3v) is 3.38. The molecule has 0 amide bonds. The molecule has 2 aromatic rings. The van der Waals surface area contributed by atoms with E-state index in [0.29, 0.717) is 6.54 Å². The molecule has 2 nitrogen and oxygen atoms in total. The van der Waals surface area contributed by atoms with Crippen molar-refractivity contribution in [1.29, 1.82) is 0 Å². The van der Waals surface area contributed by atoms with Gasteiger partial charge in [-0.1, -0.05) is 50.6 Å². The number of hydrogen-bond donors (Lipinski definition) is 1. The second kappa shape index (κ2) is 5.68. The van der Waals surface area contributed by atoms with Crippen molar-refractivity contribution in [3.63, 3.8) is 0 Å². The second-order valence-corrected chi connectivity index (χ2v) is 6.19. The smallest absolute Gasteiger partial charge is 0.131 e. The van der Waals surface area contributed by atoms with Gasteiger partial charge in [-0.15, -0.1) is 0 Å². The molecule has 106 valence electrons. The summed E-state index contributed by atoms with van der Waals surface area (Å²) in [6.45, 7) is 9.15. The Labute approximate surface area is 121 Å². The minimum absolute atomic E-state index is 0.158. The Morgan fingerprint density at radius 2 is 1.65 bits per heavy atom. The fourth-order valence-corrected chi connectivity index (χ4v) is 2.12. The van der Waals surface area contributed by atoms with E-state index in [1.807, 2.05) is 24.3 Å². The Balaban J connectivity index is 2.22. The van der Waals surface area contributed by atoms with Gasteiger partial charge in [0, 0.05) is 12.1 Å².